The Kier molecular flexibility index (Phi) is 5.57. The predicted octanol–water partition coefficient (Wildman–Crippen LogP) is 7.10. The molecule has 2 spiro atoms. The largest absolute Gasteiger partial charge is 0.469 e. The van der Waals surface area contributed by atoms with E-state index in [-0.39, 0.29) is 17.3 Å². The first kappa shape index (κ1) is 24.6. The molecule has 190 valence electrons. The molecule has 0 aromatic rings. The van der Waals surface area contributed by atoms with E-state index in [1.54, 1.807) is 0 Å². The molecule has 0 radical (unpaired) electrons. The molecule has 0 bridgehead atoms. The average Bonchev–Trinajstić information content (AvgIpc) is 3.38. The number of esters is 1. The van der Waals surface area contributed by atoms with Crippen LogP contribution >= 0.6 is 0 Å². The molecule has 1 N–H and O–H groups in total. The summed E-state index contributed by atoms with van der Waals surface area (Å²) in [4.78, 5) is 13.0. The molecule has 0 aliphatic heterocycles. The first-order chi connectivity index (χ1) is 15.9. The second-order valence-electron chi connectivity index (χ2n) is 13.9. The molecule has 0 heterocycles. The number of fused-ring (bicyclic) bond motifs is 2. The van der Waals surface area contributed by atoms with Crippen LogP contribution in [0.2, 0.25) is 0 Å². The van der Waals surface area contributed by atoms with E-state index in [4.69, 9.17) is 4.74 Å². The average molecular weight is 469 g/mol. The van der Waals surface area contributed by atoms with Crippen molar-refractivity contribution in [2.45, 2.75) is 105 Å². The van der Waals surface area contributed by atoms with Crippen molar-refractivity contribution in [1.29, 1.82) is 0 Å². The second-order valence-corrected chi connectivity index (χ2v) is 13.9. The lowest BCUT2D eigenvalue weighted by atomic mass is 9.41. The van der Waals surface area contributed by atoms with Crippen LogP contribution in [-0.4, -0.2) is 24.3 Å². The van der Waals surface area contributed by atoms with Crippen LogP contribution in [0.15, 0.2) is 24.3 Å². The Morgan fingerprint density at radius 3 is 2.38 bits per heavy atom. The Hall–Kier alpha value is -1.09. The molecule has 5 fully saturated rings. The number of rotatable bonds is 5. The number of aliphatic hydroxyl groups excluding tert-OH is 1. The lowest BCUT2D eigenvalue weighted by Crippen LogP contribution is -2.60. The summed E-state index contributed by atoms with van der Waals surface area (Å²) in [5.74, 6) is 2.33. The Morgan fingerprint density at radius 2 is 1.71 bits per heavy atom. The number of methoxy groups -OCH3 is 1. The molecule has 10 atom stereocenters. The molecule has 5 rings (SSSR count). The molecule has 34 heavy (non-hydrogen) atoms. The number of ether oxygens (including phenoxy) is 1. The van der Waals surface area contributed by atoms with E-state index in [0.717, 1.165) is 43.1 Å². The van der Waals surface area contributed by atoms with Gasteiger partial charge in [0, 0.05) is 0 Å². The Morgan fingerprint density at radius 1 is 1.03 bits per heavy atom. The van der Waals surface area contributed by atoms with Crippen LogP contribution in [0, 0.1) is 50.7 Å². The first-order valence-corrected chi connectivity index (χ1v) is 14.0. The summed E-state index contributed by atoms with van der Waals surface area (Å²) in [6.45, 7) is 15.9. The third kappa shape index (κ3) is 2.83. The van der Waals surface area contributed by atoms with Crippen LogP contribution in [0.4, 0.5) is 0 Å². The van der Waals surface area contributed by atoms with Crippen molar-refractivity contribution in [1.82, 2.24) is 0 Å². The van der Waals surface area contributed by atoms with Gasteiger partial charge in [0.2, 0.25) is 0 Å². The zero-order valence-electron chi connectivity index (χ0n) is 22.6. The quantitative estimate of drug-likeness (QED) is 0.346. The molecule has 5 saturated carbocycles. The molecule has 0 saturated heterocycles. The van der Waals surface area contributed by atoms with Gasteiger partial charge in [0.05, 0.1) is 18.6 Å². The van der Waals surface area contributed by atoms with E-state index in [9.17, 15) is 9.90 Å². The van der Waals surface area contributed by atoms with E-state index in [0.29, 0.717) is 22.2 Å². The highest BCUT2D eigenvalue weighted by atomic mass is 16.5. The molecule has 3 heteroatoms. The minimum absolute atomic E-state index is 0.186. The van der Waals surface area contributed by atoms with E-state index in [1.165, 1.54) is 45.6 Å². The predicted molar refractivity (Wildman–Crippen MR) is 137 cm³/mol. The normalized spacial score (nSPS) is 52.2. The van der Waals surface area contributed by atoms with E-state index >= 15 is 0 Å². The van der Waals surface area contributed by atoms with Crippen molar-refractivity contribution in [2.24, 2.45) is 50.7 Å². The maximum absolute atomic E-state index is 13.0. The fourth-order valence-electron chi connectivity index (χ4n) is 11.2. The summed E-state index contributed by atoms with van der Waals surface area (Å²) in [5.41, 5.74) is 1.81. The summed E-state index contributed by atoms with van der Waals surface area (Å²) in [6.07, 6.45) is 15.9. The summed E-state index contributed by atoms with van der Waals surface area (Å²) in [7, 11) is 1.49. The highest BCUT2D eigenvalue weighted by Gasteiger charge is 2.83. The lowest BCUT2D eigenvalue weighted by molar-refractivity contribution is -0.191. The summed E-state index contributed by atoms with van der Waals surface area (Å²) in [5, 5.41) is 11.0. The Labute approximate surface area is 207 Å². The number of hydrogen-bond acceptors (Lipinski definition) is 3. The van der Waals surface area contributed by atoms with Crippen molar-refractivity contribution in [2.75, 3.05) is 7.11 Å². The van der Waals surface area contributed by atoms with Gasteiger partial charge >= 0.3 is 5.97 Å². The third-order valence-electron chi connectivity index (χ3n) is 13.0. The van der Waals surface area contributed by atoms with Gasteiger partial charge in [0.15, 0.2) is 0 Å². The minimum atomic E-state index is -0.745. The van der Waals surface area contributed by atoms with Gasteiger partial charge in [-0.3, -0.25) is 4.79 Å². The van der Waals surface area contributed by atoms with Crippen LogP contribution in [0.25, 0.3) is 0 Å². The molecule has 5 aliphatic carbocycles. The van der Waals surface area contributed by atoms with Gasteiger partial charge in [0.25, 0.3) is 0 Å². The number of carbonyl (C=O) groups is 1. The highest BCUT2D eigenvalue weighted by Crippen LogP contribution is 2.89. The second kappa shape index (κ2) is 7.70. The molecule has 0 aromatic carbocycles. The van der Waals surface area contributed by atoms with Gasteiger partial charge in [-0.2, -0.15) is 0 Å². The maximum Gasteiger partial charge on any atom is 0.314 e. The number of allylic oxidation sites excluding steroid dienone is 3. The summed E-state index contributed by atoms with van der Waals surface area (Å²) in [6, 6.07) is 0. The van der Waals surface area contributed by atoms with Gasteiger partial charge in [-0.05, 0) is 123 Å². The lowest BCUT2D eigenvalue weighted by Gasteiger charge is -2.63. The van der Waals surface area contributed by atoms with Crippen LogP contribution < -0.4 is 0 Å². The topological polar surface area (TPSA) is 46.5 Å². The van der Waals surface area contributed by atoms with E-state index in [2.05, 4.69) is 46.4 Å². The third-order valence-corrected chi connectivity index (χ3v) is 13.0. The number of carbonyl (C=O) groups excluding carboxylic acids is 1. The van der Waals surface area contributed by atoms with Gasteiger partial charge in [-0.25, -0.2) is 0 Å². The molecular weight excluding hydrogens is 420 g/mol. The smallest absolute Gasteiger partial charge is 0.314 e. The highest BCUT2D eigenvalue weighted by molar-refractivity contribution is 5.78. The standard InChI is InChI=1S/C31H48O3/c1-20(2)9-8-10-21(3)22-13-15-28(5)23-11-12-24-29(6,26(33)34-7)25(32)14-16-30(24)19-31(23,30)18-17-27(22,28)4/h8-9,21-25,32H,1,10-19H2,2-7H3/b9-8+/t21-,22-,23?,24?,25+,27-,28+,29+,30-,31+/m1/s1. The van der Waals surface area contributed by atoms with Crippen LogP contribution in [-0.2, 0) is 9.53 Å². The van der Waals surface area contributed by atoms with Crippen molar-refractivity contribution < 1.29 is 14.6 Å². The maximum atomic E-state index is 13.0. The van der Waals surface area contributed by atoms with Crippen molar-refractivity contribution >= 4 is 5.97 Å². The van der Waals surface area contributed by atoms with E-state index < -0.39 is 11.5 Å². The van der Waals surface area contributed by atoms with Gasteiger partial charge in [-0.1, -0.05) is 45.1 Å². The summed E-state index contributed by atoms with van der Waals surface area (Å²) < 4.78 is 5.29. The first-order valence-electron chi connectivity index (χ1n) is 14.0. The van der Waals surface area contributed by atoms with Crippen molar-refractivity contribution in [3.8, 4) is 0 Å². The van der Waals surface area contributed by atoms with Gasteiger partial charge in [-0.15, -0.1) is 0 Å². The minimum Gasteiger partial charge on any atom is -0.469 e. The Bertz CT molecular complexity index is 906. The molecule has 5 aliphatic rings. The molecular formula is C31H48O3. The van der Waals surface area contributed by atoms with Crippen LogP contribution in [0.3, 0.4) is 0 Å². The van der Waals surface area contributed by atoms with E-state index in [1.807, 2.05) is 6.92 Å². The monoisotopic (exact) mass is 468 g/mol. The molecule has 0 amide bonds. The SMILES string of the molecule is C=C(C)/C=C/C[C@@H](C)[C@H]1CC[C@@]2(C)C3CCC4[C@@]5(CC[C@H](O)[C@@]4(C)C(=O)OC)C[C@@]35CC[C@]12C. The van der Waals surface area contributed by atoms with Crippen LogP contribution in [0.1, 0.15) is 98.8 Å². The molecule has 3 nitrogen and oxygen atoms in total. The van der Waals surface area contributed by atoms with Crippen LogP contribution in [0.5, 0.6) is 0 Å². The van der Waals surface area contributed by atoms with Crippen molar-refractivity contribution in [3.05, 3.63) is 24.3 Å². The van der Waals surface area contributed by atoms with Crippen molar-refractivity contribution in [3.63, 3.8) is 0 Å². The molecule has 0 aromatic heterocycles. The fraction of sp³-hybridized carbons (Fsp3) is 0.839. The zero-order valence-corrected chi connectivity index (χ0v) is 22.6. The zero-order chi connectivity index (χ0) is 24.7. The Balaban J connectivity index is 1.44. The van der Waals surface area contributed by atoms with Gasteiger partial charge < -0.3 is 9.84 Å². The number of hydrogen-bond donors (Lipinski definition) is 1. The summed E-state index contributed by atoms with van der Waals surface area (Å²) >= 11 is 0. The molecule has 2 unspecified atom stereocenters. The van der Waals surface area contributed by atoms with Gasteiger partial charge in [0.1, 0.15) is 0 Å². The number of aliphatic hydroxyl groups is 1. The fourth-order valence-corrected chi connectivity index (χ4v) is 11.2.